The third-order valence-electron chi connectivity index (χ3n) is 3.41. The first-order chi connectivity index (χ1) is 12.4. The van der Waals surface area contributed by atoms with Gasteiger partial charge in [0, 0.05) is 21.7 Å². The Morgan fingerprint density at radius 2 is 1.92 bits per heavy atom. The SMILES string of the molecule is Cc1ccc(S(=O)(=O)C=CCSc2nnc(-c3cccc(Cl)c3)o2)cc1. The van der Waals surface area contributed by atoms with Gasteiger partial charge in [-0.3, -0.25) is 0 Å². The molecule has 3 rings (SSSR count). The van der Waals surface area contributed by atoms with E-state index < -0.39 is 9.84 Å². The number of aryl methyl sites for hydroxylation is 1. The zero-order chi connectivity index (χ0) is 18.6. The van der Waals surface area contributed by atoms with E-state index in [0.29, 0.717) is 21.9 Å². The number of sulfone groups is 1. The van der Waals surface area contributed by atoms with Crippen LogP contribution in [0.2, 0.25) is 5.02 Å². The Morgan fingerprint density at radius 1 is 1.15 bits per heavy atom. The molecular weight excluding hydrogens is 392 g/mol. The second-order valence-electron chi connectivity index (χ2n) is 5.42. The molecule has 0 amide bonds. The summed E-state index contributed by atoms with van der Waals surface area (Å²) >= 11 is 7.20. The summed E-state index contributed by atoms with van der Waals surface area (Å²) in [7, 11) is -3.45. The molecule has 134 valence electrons. The lowest BCUT2D eigenvalue weighted by molar-refractivity contribution is 0.466. The Labute approximate surface area is 161 Å². The number of thioether (sulfide) groups is 1. The molecule has 0 N–H and O–H groups in total. The van der Waals surface area contributed by atoms with Gasteiger partial charge in [-0.2, -0.15) is 0 Å². The van der Waals surface area contributed by atoms with Crippen LogP contribution in [0.25, 0.3) is 11.5 Å². The minimum absolute atomic E-state index is 0.269. The van der Waals surface area contributed by atoms with E-state index >= 15 is 0 Å². The molecule has 1 aromatic heterocycles. The highest BCUT2D eigenvalue weighted by atomic mass is 35.5. The molecule has 1 heterocycles. The average Bonchev–Trinajstić information content (AvgIpc) is 3.08. The fraction of sp³-hybridized carbons (Fsp3) is 0.111. The first kappa shape index (κ1) is 18.7. The largest absolute Gasteiger partial charge is 0.411 e. The van der Waals surface area contributed by atoms with Gasteiger partial charge in [0.05, 0.1) is 4.90 Å². The van der Waals surface area contributed by atoms with Crippen molar-refractivity contribution < 1.29 is 12.8 Å². The maximum Gasteiger partial charge on any atom is 0.277 e. The highest BCUT2D eigenvalue weighted by Crippen LogP contribution is 2.25. The molecule has 0 atom stereocenters. The van der Waals surface area contributed by atoms with Gasteiger partial charge in [0.15, 0.2) is 9.84 Å². The molecular formula is C18H15ClN2O3S2. The van der Waals surface area contributed by atoms with Crippen LogP contribution in [-0.2, 0) is 9.84 Å². The monoisotopic (exact) mass is 406 g/mol. The quantitative estimate of drug-likeness (QED) is 0.548. The van der Waals surface area contributed by atoms with Crippen molar-refractivity contribution >= 4 is 33.2 Å². The predicted octanol–water partition coefficient (Wildman–Crippen LogP) is 4.78. The molecule has 0 aliphatic carbocycles. The van der Waals surface area contributed by atoms with Crippen molar-refractivity contribution in [3.63, 3.8) is 0 Å². The molecule has 8 heteroatoms. The number of aromatic nitrogens is 2. The second kappa shape index (κ2) is 8.07. The molecule has 2 aromatic carbocycles. The highest BCUT2D eigenvalue weighted by molar-refractivity contribution is 7.99. The lowest BCUT2D eigenvalue weighted by Crippen LogP contribution is -1.96. The van der Waals surface area contributed by atoms with Gasteiger partial charge in [-0.05, 0) is 37.3 Å². The van der Waals surface area contributed by atoms with E-state index in [1.807, 2.05) is 13.0 Å². The van der Waals surface area contributed by atoms with Crippen molar-refractivity contribution in [3.8, 4) is 11.5 Å². The van der Waals surface area contributed by atoms with Gasteiger partial charge >= 0.3 is 0 Å². The van der Waals surface area contributed by atoms with Gasteiger partial charge in [0.2, 0.25) is 5.89 Å². The third kappa shape index (κ3) is 4.75. The standard InChI is InChI=1S/C18H15ClN2O3S2/c1-13-6-8-16(9-7-13)26(22,23)11-3-10-25-18-21-20-17(24-18)14-4-2-5-15(19)12-14/h2-9,11-12H,10H2,1H3. The molecule has 0 unspecified atom stereocenters. The van der Waals surface area contributed by atoms with Crippen molar-refractivity contribution in [3.05, 3.63) is 70.6 Å². The first-order valence-electron chi connectivity index (χ1n) is 7.64. The van der Waals surface area contributed by atoms with E-state index in [2.05, 4.69) is 10.2 Å². The molecule has 0 aliphatic heterocycles. The Bertz CT molecular complexity index is 1030. The van der Waals surface area contributed by atoms with Crippen LogP contribution in [-0.4, -0.2) is 24.4 Å². The zero-order valence-electron chi connectivity index (χ0n) is 13.8. The minimum atomic E-state index is -3.45. The normalized spacial score (nSPS) is 11.9. The van der Waals surface area contributed by atoms with Crippen molar-refractivity contribution in [1.29, 1.82) is 0 Å². The highest BCUT2D eigenvalue weighted by Gasteiger charge is 2.11. The van der Waals surface area contributed by atoms with Gasteiger partial charge in [-0.15, -0.1) is 10.2 Å². The van der Waals surface area contributed by atoms with Crippen LogP contribution in [0.1, 0.15) is 5.56 Å². The number of nitrogens with zero attached hydrogens (tertiary/aromatic N) is 2. The smallest absolute Gasteiger partial charge is 0.277 e. The average molecular weight is 407 g/mol. The van der Waals surface area contributed by atoms with Gasteiger partial charge in [0.1, 0.15) is 0 Å². The van der Waals surface area contributed by atoms with Crippen LogP contribution >= 0.6 is 23.4 Å². The predicted molar refractivity (Wildman–Crippen MR) is 103 cm³/mol. The van der Waals surface area contributed by atoms with E-state index in [1.165, 1.54) is 17.2 Å². The molecule has 3 aromatic rings. The van der Waals surface area contributed by atoms with Gasteiger partial charge < -0.3 is 4.42 Å². The molecule has 26 heavy (non-hydrogen) atoms. The van der Waals surface area contributed by atoms with Crippen molar-refractivity contribution in [2.45, 2.75) is 17.0 Å². The number of benzene rings is 2. The maximum absolute atomic E-state index is 12.2. The van der Waals surface area contributed by atoms with Crippen LogP contribution in [0.5, 0.6) is 0 Å². The molecule has 0 bridgehead atoms. The van der Waals surface area contributed by atoms with Gasteiger partial charge in [-0.1, -0.05) is 53.2 Å². The first-order valence-corrected chi connectivity index (χ1v) is 10.6. The number of hydrogen-bond donors (Lipinski definition) is 0. The number of rotatable bonds is 6. The van der Waals surface area contributed by atoms with Crippen LogP contribution in [0, 0.1) is 6.92 Å². The molecule has 0 saturated heterocycles. The molecule has 0 saturated carbocycles. The zero-order valence-corrected chi connectivity index (χ0v) is 16.2. The summed E-state index contributed by atoms with van der Waals surface area (Å²) in [6.45, 7) is 1.91. The van der Waals surface area contributed by atoms with E-state index in [1.54, 1.807) is 48.5 Å². The molecule has 0 spiro atoms. The third-order valence-corrected chi connectivity index (χ3v) is 5.89. The Hall–Kier alpha value is -2.09. The van der Waals surface area contributed by atoms with Crippen LogP contribution in [0.3, 0.4) is 0 Å². The molecule has 0 radical (unpaired) electrons. The topological polar surface area (TPSA) is 73.1 Å². The fourth-order valence-electron chi connectivity index (χ4n) is 2.10. The van der Waals surface area contributed by atoms with E-state index in [9.17, 15) is 8.42 Å². The van der Waals surface area contributed by atoms with E-state index in [0.717, 1.165) is 11.1 Å². The minimum Gasteiger partial charge on any atom is -0.411 e. The summed E-state index contributed by atoms with van der Waals surface area (Å²) in [4.78, 5) is 0.269. The Balaban J connectivity index is 1.61. The summed E-state index contributed by atoms with van der Waals surface area (Å²) in [5.74, 6) is 0.758. The summed E-state index contributed by atoms with van der Waals surface area (Å²) in [6.07, 6.45) is 1.56. The summed E-state index contributed by atoms with van der Waals surface area (Å²) in [5.41, 5.74) is 1.74. The van der Waals surface area contributed by atoms with E-state index in [4.69, 9.17) is 16.0 Å². The maximum atomic E-state index is 12.2. The number of halogens is 1. The van der Waals surface area contributed by atoms with Gasteiger partial charge in [-0.25, -0.2) is 8.42 Å². The lowest BCUT2D eigenvalue weighted by Gasteiger charge is -1.99. The fourth-order valence-corrected chi connectivity index (χ4v) is 4.00. The number of hydrogen-bond acceptors (Lipinski definition) is 6. The van der Waals surface area contributed by atoms with Crippen molar-refractivity contribution in [2.75, 3.05) is 5.75 Å². The van der Waals surface area contributed by atoms with Crippen LogP contribution in [0.15, 0.2) is 74.6 Å². The van der Waals surface area contributed by atoms with Crippen molar-refractivity contribution in [2.24, 2.45) is 0 Å². The van der Waals surface area contributed by atoms with Crippen molar-refractivity contribution in [1.82, 2.24) is 10.2 Å². The molecule has 5 nitrogen and oxygen atoms in total. The van der Waals surface area contributed by atoms with Crippen LogP contribution < -0.4 is 0 Å². The van der Waals surface area contributed by atoms with Gasteiger partial charge in [0.25, 0.3) is 5.22 Å². The van der Waals surface area contributed by atoms with Crippen LogP contribution in [0.4, 0.5) is 0 Å². The summed E-state index contributed by atoms with van der Waals surface area (Å²) < 4.78 is 30.0. The summed E-state index contributed by atoms with van der Waals surface area (Å²) in [6, 6.07) is 13.8. The van der Waals surface area contributed by atoms with E-state index in [-0.39, 0.29) is 4.90 Å². The second-order valence-corrected chi connectivity index (χ2v) is 8.67. The molecule has 0 fully saturated rings. The molecule has 0 aliphatic rings. The summed E-state index contributed by atoms with van der Waals surface area (Å²) in [5, 5.41) is 10.1. The lowest BCUT2D eigenvalue weighted by atomic mass is 10.2. The Kier molecular flexibility index (Phi) is 5.80. The Morgan fingerprint density at radius 3 is 2.65 bits per heavy atom.